The van der Waals surface area contributed by atoms with Crippen molar-refractivity contribution in [2.24, 2.45) is 0 Å². The number of ether oxygens (including phenoxy) is 2. The largest absolute Gasteiger partial charge is 0.494 e. The van der Waals surface area contributed by atoms with Gasteiger partial charge in [-0.25, -0.2) is 13.4 Å². The highest BCUT2D eigenvalue weighted by atomic mass is 32.2. The third-order valence-electron chi connectivity index (χ3n) is 4.01. The number of hydrogen-bond acceptors (Lipinski definition) is 6. The Bertz CT molecular complexity index is 802. The summed E-state index contributed by atoms with van der Waals surface area (Å²) in [6.45, 7) is 5.66. The van der Waals surface area contributed by atoms with Crippen LogP contribution in [0.4, 0.5) is 0 Å². The fraction of sp³-hybridized carbons (Fsp3) is 0.471. The van der Waals surface area contributed by atoms with Gasteiger partial charge in [0.2, 0.25) is 10.0 Å². The number of thiazole rings is 1. The number of sulfonamides is 1. The summed E-state index contributed by atoms with van der Waals surface area (Å²) in [4.78, 5) is 4.64. The quantitative estimate of drug-likeness (QED) is 0.736. The summed E-state index contributed by atoms with van der Waals surface area (Å²) >= 11 is 1.59. The minimum absolute atomic E-state index is 0.0977. The molecular formula is C17H22N2O4S2. The van der Waals surface area contributed by atoms with Crippen LogP contribution in [0.15, 0.2) is 34.5 Å². The van der Waals surface area contributed by atoms with E-state index < -0.39 is 10.0 Å². The van der Waals surface area contributed by atoms with E-state index in [-0.39, 0.29) is 11.0 Å². The van der Waals surface area contributed by atoms with Gasteiger partial charge in [0.25, 0.3) is 0 Å². The average molecular weight is 383 g/mol. The molecule has 1 atom stereocenters. The lowest BCUT2D eigenvalue weighted by Gasteiger charge is -2.17. The van der Waals surface area contributed by atoms with Crippen LogP contribution in [0.25, 0.3) is 0 Å². The highest BCUT2D eigenvalue weighted by Gasteiger charge is 2.33. The lowest BCUT2D eigenvalue weighted by Crippen LogP contribution is -2.30. The van der Waals surface area contributed by atoms with Crippen molar-refractivity contribution in [2.45, 2.75) is 37.9 Å². The molecule has 1 fully saturated rings. The molecule has 0 aliphatic carbocycles. The smallest absolute Gasteiger partial charge is 0.243 e. The van der Waals surface area contributed by atoms with Crippen LogP contribution in [0, 0.1) is 6.92 Å². The van der Waals surface area contributed by atoms with E-state index in [1.54, 1.807) is 35.6 Å². The Morgan fingerprint density at radius 3 is 2.72 bits per heavy atom. The minimum atomic E-state index is -3.50. The molecular weight excluding hydrogens is 360 g/mol. The van der Waals surface area contributed by atoms with Gasteiger partial charge >= 0.3 is 0 Å². The van der Waals surface area contributed by atoms with E-state index in [4.69, 9.17) is 9.47 Å². The van der Waals surface area contributed by atoms with E-state index in [9.17, 15) is 8.42 Å². The molecule has 0 spiro atoms. The summed E-state index contributed by atoms with van der Waals surface area (Å²) in [5.41, 5.74) is 0.898. The van der Waals surface area contributed by atoms with Gasteiger partial charge in [0.05, 0.1) is 34.9 Å². The van der Waals surface area contributed by atoms with Gasteiger partial charge in [0, 0.05) is 18.5 Å². The molecule has 8 heteroatoms. The molecule has 1 aliphatic rings. The van der Waals surface area contributed by atoms with Crippen molar-refractivity contribution in [3.8, 4) is 5.75 Å². The van der Waals surface area contributed by atoms with E-state index in [1.807, 2.05) is 19.2 Å². The fourth-order valence-electron chi connectivity index (χ4n) is 2.75. The Labute approximate surface area is 152 Å². The molecule has 1 aromatic heterocycles. The van der Waals surface area contributed by atoms with Crippen molar-refractivity contribution < 1.29 is 17.9 Å². The van der Waals surface area contributed by atoms with Crippen molar-refractivity contribution in [3.05, 3.63) is 40.3 Å². The maximum Gasteiger partial charge on any atom is 0.243 e. The highest BCUT2D eigenvalue weighted by molar-refractivity contribution is 7.89. The molecule has 25 heavy (non-hydrogen) atoms. The number of hydrogen-bond donors (Lipinski definition) is 0. The van der Waals surface area contributed by atoms with Gasteiger partial charge in [-0.05, 0) is 44.5 Å². The molecule has 1 saturated heterocycles. The summed E-state index contributed by atoms with van der Waals surface area (Å²) in [6, 6.07) is 6.55. The van der Waals surface area contributed by atoms with Gasteiger partial charge in [-0.3, -0.25) is 0 Å². The predicted octanol–water partition coefficient (Wildman–Crippen LogP) is 2.83. The molecule has 2 heterocycles. The highest BCUT2D eigenvalue weighted by Crippen LogP contribution is 2.25. The van der Waals surface area contributed by atoms with Gasteiger partial charge in [-0.1, -0.05) is 0 Å². The number of aromatic nitrogens is 1. The zero-order valence-electron chi connectivity index (χ0n) is 14.3. The number of benzene rings is 1. The first-order chi connectivity index (χ1) is 12.0. The van der Waals surface area contributed by atoms with Crippen LogP contribution in [0.1, 0.15) is 24.0 Å². The van der Waals surface area contributed by atoms with Crippen molar-refractivity contribution >= 4 is 21.4 Å². The summed E-state index contributed by atoms with van der Waals surface area (Å²) in [6.07, 6.45) is 0.596. The van der Waals surface area contributed by atoms with E-state index >= 15 is 0 Å². The van der Waals surface area contributed by atoms with Crippen LogP contribution in [0.3, 0.4) is 0 Å². The Morgan fingerprint density at radius 2 is 2.08 bits per heavy atom. The van der Waals surface area contributed by atoms with Crippen LogP contribution in [0.5, 0.6) is 5.75 Å². The Hall–Kier alpha value is -1.48. The van der Waals surface area contributed by atoms with Crippen LogP contribution in [0.2, 0.25) is 0 Å². The van der Waals surface area contributed by atoms with E-state index in [2.05, 4.69) is 4.98 Å². The first kappa shape index (κ1) is 18.3. The van der Waals surface area contributed by atoms with Gasteiger partial charge in [0.15, 0.2) is 0 Å². The molecule has 6 nitrogen and oxygen atoms in total. The summed E-state index contributed by atoms with van der Waals surface area (Å²) in [7, 11) is -3.50. The molecule has 1 aromatic carbocycles. The van der Waals surface area contributed by atoms with E-state index in [1.165, 1.54) is 4.31 Å². The van der Waals surface area contributed by atoms with Gasteiger partial charge < -0.3 is 9.47 Å². The van der Waals surface area contributed by atoms with Crippen LogP contribution in [-0.4, -0.2) is 43.5 Å². The van der Waals surface area contributed by atoms with Crippen LogP contribution < -0.4 is 4.74 Å². The second kappa shape index (κ2) is 7.82. The first-order valence-corrected chi connectivity index (χ1v) is 10.6. The van der Waals surface area contributed by atoms with Gasteiger partial charge in [-0.15, -0.1) is 11.3 Å². The second-order valence-corrected chi connectivity index (χ2v) is 8.85. The van der Waals surface area contributed by atoms with Crippen molar-refractivity contribution in [2.75, 3.05) is 19.7 Å². The third kappa shape index (κ3) is 4.38. The zero-order chi connectivity index (χ0) is 17.9. The molecule has 3 rings (SSSR count). The molecule has 2 aromatic rings. The summed E-state index contributed by atoms with van der Waals surface area (Å²) < 4.78 is 38.2. The second-order valence-electron chi connectivity index (χ2n) is 5.85. The third-order valence-corrected chi connectivity index (χ3v) is 6.72. The Kier molecular flexibility index (Phi) is 5.73. The maximum atomic E-state index is 12.7. The number of aryl methyl sites for hydroxylation is 1. The lowest BCUT2D eigenvalue weighted by molar-refractivity contribution is 0.0492. The molecule has 0 saturated carbocycles. The van der Waals surface area contributed by atoms with E-state index in [0.717, 1.165) is 10.7 Å². The molecule has 0 radical (unpaired) electrons. The monoisotopic (exact) mass is 382 g/mol. The normalized spacial score (nSPS) is 18.6. The van der Waals surface area contributed by atoms with Gasteiger partial charge in [0.1, 0.15) is 5.75 Å². The molecule has 1 aliphatic heterocycles. The van der Waals surface area contributed by atoms with Crippen molar-refractivity contribution in [1.29, 1.82) is 0 Å². The van der Waals surface area contributed by atoms with E-state index in [0.29, 0.717) is 38.5 Å². The first-order valence-electron chi connectivity index (χ1n) is 8.24. The van der Waals surface area contributed by atoms with Crippen molar-refractivity contribution in [1.82, 2.24) is 9.29 Å². The number of rotatable bonds is 7. The molecule has 0 unspecified atom stereocenters. The van der Waals surface area contributed by atoms with Crippen LogP contribution in [-0.2, 0) is 21.4 Å². The van der Waals surface area contributed by atoms with Gasteiger partial charge in [-0.2, -0.15) is 4.31 Å². The fourth-order valence-corrected chi connectivity index (χ4v) is 4.84. The SMILES string of the molecule is CCOc1ccc(S(=O)(=O)N2CC[C@@H](OCc3csc(C)n3)C2)cc1. The average Bonchev–Trinajstić information content (AvgIpc) is 3.23. The lowest BCUT2D eigenvalue weighted by atomic mass is 10.3. The molecule has 0 bridgehead atoms. The maximum absolute atomic E-state index is 12.7. The molecule has 136 valence electrons. The summed E-state index contributed by atoms with van der Waals surface area (Å²) in [5.74, 6) is 0.669. The van der Waals surface area contributed by atoms with Crippen LogP contribution >= 0.6 is 11.3 Å². The standard InChI is InChI=1S/C17H22N2O4S2/c1-3-22-15-4-6-17(7-5-15)25(20,21)19-9-8-16(10-19)23-11-14-12-24-13(2)18-14/h4-7,12,16H,3,8-11H2,1-2H3/t16-/m1/s1. The predicted molar refractivity (Wildman–Crippen MR) is 96.4 cm³/mol. The number of nitrogens with zero attached hydrogens (tertiary/aromatic N) is 2. The zero-order valence-corrected chi connectivity index (χ0v) is 16.0. The van der Waals surface area contributed by atoms with Crippen molar-refractivity contribution in [3.63, 3.8) is 0 Å². The molecule has 0 amide bonds. The minimum Gasteiger partial charge on any atom is -0.494 e. The molecule has 0 N–H and O–H groups in total. The Morgan fingerprint density at radius 1 is 1.32 bits per heavy atom. The summed E-state index contributed by atoms with van der Waals surface area (Å²) in [5, 5.41) is 2.98. The topological polar surface area (TPSA) is 68.7 Å². The Balaban J connectivity index is 1.59.